The van der Waals surface area contributed by atoms with Crippen LogP contribution in [0.15, 0.2) is 42.5 Å². The Morgan fingerprint density at radius 3 is 2.58 bits per heavy atom. The molecule has 0 spiro atoms. The van der Waals surface area contributed by atoms with E-state index in [0.717, 1.165) is 34.1 Å². The number of aromatic nitrogens is 1. The van der Waals surface area contributed by atoms with Gasteiger partial charge < -0.3 is 14.6 Å². The van der Waals surface area contributed by atoms with E-state index in [-0.39, 0.29) is 12.5 Å². The lowest BCUT2D eigenvalue weighted by Gasteiger charge is -2.35. The number of rotatable bonds is 9. The standard InChI is InChI=1S/C24H30N4O4S/c1-3-31-20-6-4-18(5-7-20)24(30)26-28-12-10-27(11-13-28)15-19(29)16-32-21-8-9-23-22(14-21)25-17(2)33-23/h4-9,14,19,29H,3,10-13,15-16H2,1-2H3,(H,26,30)/t19-/m1/s1. The summed E-state index contributed by atoms with van der Waals surface area (Å²) in [6, 6.07) is 13.0. The van der Waals surface area contributed by atoms with E-state index in [1.165, 1.54) is 0 Å². The molecule has 1 aliphatic heterocycles. The lowest BCUT2D eigenvalue weighted by molar-refractivity contribution is 0.0317. The number of aliphatic hydroxyl groups excluding tert-OH is 1. The van der Waals surface area contributed by atoms with E-state index in [1.807, 2.05) is 37.1 Å². The van der Waals surface area contributed by atoms with Gasteiger partial charge in [0.15, 0.2) is 0 Å². The molecule has 9 heteroatoms. The Balaban J connectivity index is 1.18. The van der Waals surface area contributed by atoms with Crippen molar-refractivity contribution in [2.24, 2.45) is 0 Å². The Hall–Kier alpha value is -2.72. The predicted molar refractivity (Wildman–Crippen MR) is 129 cm³/mol. The molecule has 1 aromatic heterocycles. The third kappa shape index (κ3) is 6.42. The normalized spacial score (nSPS) is 16.0. The second-order valence-electron chi connectivity index (χ2n) is 8.01. The van der Waals surface area contributed by atoms with Crippen LogP contribution in [0.5, 0.6) is 11.5 Å². The van der Waals surface area contributed by atoms with Crippen LogP contribution in [0.4, 0.5) is 0 Å². The molecule has 0 aliphatic carbocycles. The number of aliphatic hydroxyl groups is 1. The summed E-state index contributed by atoms with van der Waals surface area (Å²) in [5.74, 6) is 1.34. The molecule has 0 unspecified atom stereocenters. The lowest BCUT2D eigenvalue weighted by Crippen LogP contribution is -2.54. The van der Waals surface area contributed by atoms with Crippen molar-refractivity contribution in [3.8, 4) is 11.5 Å². The molecular formula is C24H30N4O4S. The Morgan fingerprint density at radius 1 is 1.12 bits per heavy atom. The van der Waals surface area contributed by atoms with Crippen molar-refractivity contribution in [1.29, 1.82) is 0 Å². The van der Waals surface area contributed by atoms with E-state index in [2.05, 4.69) is 15.3 Å². The number of amides is 1. The minimum atomic E-state index is -0.595. The third-order valence-electron chi connectivity index (χ3n) is 5.44. The molecule has 0 saturated carbocycles. The van der Waals surface area contributed by atoms with E-state index in [9.17, 15) is 9.90 Å². The van der Waals surface area contributed by atoms with Crippen molar-refractivity contribution >= 4 is 27.5 Å². The second-order valence-corrected chi connectivity index (χ2v) is 9.25. The summed E-state index contributed by atoms with van der Waals surface area (Å²) in [7, 11) is 0. The summed E-state index contributed by atoms with van der Waals surface area (Å²) in [6.45, 7) is 8.15. The van der Waals surface area contributed by atoms with Gasteiger partial charge in [0.2, 0.25) is 0 Å². The first-order valence-electron chi connectivity index (χ1n) is 11.2. The fourth-order valence-corrected chi connectivity index (χ4v) is 4.58. The van der Waals surface area contributed by atoms with Crippen LogP contribution < -0.4 is 14.9 Å². The molecule has 1 atom stereocenters. The molecule has 1 fully saturated rings. The fourth-order valence-electron chi connectivity index (χ4n) is 3.78. The molecule has 2 heterocycles. The van der Waals surface area contributed by atoms with Gasteiger partial charge in [-0.2, -0.15) is 0 Å². The predicted octanol–water partition coefficient (Wildman–Crippen LogP) is 2.71. The highest BCUT2D eigenvalue weighted by molar-refractivity contribution is 7.18. The molecule has 0 bridgehead atoms. The quantitative estimate of drug-likeness (QED) is 0.497. The fraction of sp³-hybridized carbons (Fsp3) is 0.417. The van der Waals surface area contributed by atoms with Crippen LogP contribution in [0.25, 0.3) is 10.2 Å². The third-order valence-corrected chi connectivity index (χ3v) is 6.39. The SMILES string of the molecule is CCOc1ccc(C(=O)NN2CCN(C[C@@H](O)COc3ccc4sc(C)nc4c3)CC2)cc1. The number of aryl methyl sites for hydroxylation is 1. The number of thiazole rings is 1. The summed E-state index contributed by atoms with van der Waals surface area (Å²) in [5, 5.41) is 13.4. The summed E-state index contributed by atoms with van der Waals surface area (Å²) < 4.78 is 12.3. The van der Waals surface area contributed by atoms with Gasteiger partial charge in [0.25, 0.3) is 5.91 Å². The molecule has 1 amide bonds. The van der Waals surface area contributed by atoms with Gasteiger partial charge in [0, 0.05) is 44.4 Å². The van der Waals surface area contributed by atoms with Crippen LogP contribution in [0.1, 0.15) is 22.3 Å². The van der Waals surface area contributed by atoms with Gasteiger partial charge >= 0.3 is 0 Å². The minimum Gasteiger partial charge on any atom is -0.494 e. The van der Waals surface area contributed by atoms with E-state index in [4.69, 9.17) is 9.47 Å². The maximum Gasteiger partial charge on any atom is 0.265 e. The Labute approximate surface area is 197 Å². The van der Waals surface area contributed by atoms with Crippen LogP contribution >= 0.6 is 11.3 Å². The van der Waals surface area contributed by atoms with Crippen molar-refractivity contribution in [2.75, 3.05) is 45.9 Å². The molecule has 1 aliphatic rings. The molecule has 8 nitrogen and oxygen atoms in total. The minimum absolute atomic E-state index is 0.132. The van der Waals surface area contributed by atoms with E-state index < -0.39 is 6.10 Å². The van der Waals surface area contributed by atoms with Crippen LogP contribution in [-0.4, -0.2) is 77.9 Å². The summed E-state index contributed by atoms with van der Waals surface area (Å²) >= 11 is 1.66. The smallest absolute Gasteiger partial charge is 0.265 e. The molecular weight excluding hydrogens is 440 g/mol. The molecule has 2 aromatic carbocycles. The number of hydrazine groups is 1. The molecule has 3 aromatic rings. The number of carbonyl (C=O) groups excluding carboxylic acids is 1. The molecule has 4 rings (SSSR count). The highest BCUT2D eigenvalue weighted by atomic mass is 32.1. The Morgan fingerprint density at radius 2 is 1.85 bits per heavy atom. The first-order valence-corrected chi connectivity index (χ1v) is 12.0. The van der Waals surface area contributed by atoms with Gasteiger partial charge in [0.1, 0.15) is 24.2 Å². The van der Waals surface area contributed by atoms with Crippen LogP contribution in [0.2, 0.25) is 0 Å². The number of hydrogen-bond donors (Lipinski definition) is 2. The van der Waals surface area contributed by atoms with Gasteiger partial charge in [-0.25, -0.2) is 9.99 Å². The molecule has 1 saturated heterocycles. The average molecular weight is 471 g/mol. The number of β-amino-alcohol motifs (C(OH)–C–C–N with tert-alkyl or cyclic N) is 1. The highest BCUT2D eigenvalue weighted by Crippen LogP contribution is 2.25. The monoisotopic (exact) mass is 470 g/mol. The van der Waals surface area contributed by atoms with Gasteiger partial charge in [-0.3, -0.25) is 15.1 Å². The zero-order valence-electron chi connectivity index (χ0n) is 19.0. The largest absolute Gasteiger partial charge is 0.494 e. The van der Waals surface area contributed by atoms with Crippen molar-refractivity contribution in [2.45, 2.75) is 20.0 Å². The number of hydrogen-bond acceptors (Lipinski definition) is 8. The summed E-state index contributed by atoms with van der Waals surface area (Å²) in [5.41, 5.74) is 4.48. The topological polar surface area (TPSA) is 87.2 Å². The van der Waals surface area contributed by atoms with E-state index in [0.29, 0.717) is 37.6 Å². The van der Waals surface area contributed by atoms with Crippen LogP contribution in [0.3, 0.4) is 0 Å². The molecule has 0 radical (unpaired) electrons. The number of nitrogens with one attached hydrogen (secondary N) is 1. The molecule has 176 valence electrons. The summed E-state index contributed by atoms with van der Waals surface area (Å²) in [6.07, 6.45) is -0.595. The number of fused-ring (bicyclic) bond motifs is 1. The zero-order chi connectivity index (χ0) is 23.2. The number of nitrogens with zero attached hydrogens (tertiary/aromatic N) is 3. The van der Waals surface area contributed by atoms with Gasteiger partial charge in [-0.15, -0.1) is 11.3 Å². The summed E-state index contributed by atoms with van der Waals surface area (Å²) in [4.78, 5) is 19.1. The van der Waals surface area contributed by atoms with Crippen LogP contribution in [-0.2, 0) is 0 Å². The first-order chi connectivity index (χ1) is 16.0. The molecule has 33 heavy (non-hydrogen) atoms. The Kier molecular flexibility index (Phi) is 7.77. The zero-order valence-corrected chi connectivity index (χ0v) is 19.8. The number of piperazine rings is 1. The van der Waals surface area contributed by atoms with Crippen molar-refractivity contribution in [1.82, 2.24) is 20.3 Å². The van der Waals surface area contributed by atoms with Gasteiger partial charge in [0.05, 0.1) is 21.8 Å². The number of ether oxygens (including phenoxy) is 2. The van der Waals surface area contributed by atoms with Crippen LogP contribution in [0, 0.1) is 6.92 Å². The maximum atomic E-state index is 12.5. The first kappa shape index (κ1) is 23.4. The maximum absolute atomic E-state index is 12.5. The average Bonchev–Trinajstić information content (AvgIpc) is 3.19. The van der Waals surface area contributed by atoms with Gasteiger partial charge in [-0.1, -0.05) is 0 Å². The van der Waals surface area contributed by atoms with E-state index in [1.54, 1.807) is 35.6 Å². The molecule has 2 N–H and O–H groups in total. The number of benzene rings is 2. The second kappa shape index (κ2) is 10.9. The van der Waals surface area contributed by atoms with E-state index >= 15 is 0 Å². The van der Waals surface area contributed by atoms with Gasteiger partial charge in [-0.05, 0) is 50.2 Å². The van der Waals surface area contributed by atoms with Crippen molar-refractivity contribution in [3.63, 3.8) is 0 Å². The number of carbonyl (C=O) groups is 1. The Bertz CT molecular complexity index is 1060. The highest BCUT2D eigenvalue weighted by Gasteiger charge is 2.21. The van der Waals surface area contributed by atoms with Crippen molar-refractivity contribution in [3.05, 3.63) is 53.0 Å². The lowest BCUT2D eigenvalue weighted by atomic mass is 10.2. The van der Waals surface area contributed by atoms with Crippen molar-refractivity contribution < 1.29 is 19.4 Å².